The topological polar surface area (TPSA) is 202 Å². The van der Waals surface area contributed by atoms with E-state index in [9.17, 15) is 38.3 Å². The Kier molecular flexibility index (Phi) is 10.3. The van der Waals surface area contributed by atoms with Gasteiger partial charge in [-0.1, -0.05) is 12.1 Å². The number of aromatic hydroxyl groups is 1. The van der Waals surface area contributed by atoms with Crippen LogP contribution in [-0.4, -0.2) is 121 Å². The van der Waals surface area contributed by atoms with Gasteiger partial charge in [-0.3, -0.25) is 49.2 Å². The summed E-state index contributed by atoms with van der Waals surface area (Å²) in [5.74, 6) is -2.77. The quantitative estimate of drug-likeness (QED) is 0.167. The van der Waals surface area contributed by atoms with E-state index in [1.807, 2.05) is 30.3 Å². The number of piperidine rings is 3. The van der Waals surface area contributed by atoms with E-state index in [1.165, 1.54) is 22.4 Å². The van der Waals surface area contributed by atoms with Crippen LogP contribution in [-0.2, 0) is 20.9 Å². The molecule has 336 valence electrons. The molecular weight excluding hydrogens is 868 g/mol. The van der Waals surface area contributed by atoms with E-state index >= 15 is 0 Å². The minimum atomic E-state index is -1.33. The van der Waals surface area contributed by atoms with E-state index in [-0.39, 0.29) is 36.3 Å². The Balaban J connectivity index is 0.694. The highest BCUT2D eigenvalue weighted by Crippen LogP contribution is 2.40. The number of phenolic OH excluding ortho intramolecular Hbond substituents is 1. The van der Waals surface area contributed by atoms with Crippen molar-refractivity contribution >= 4 is 63.4 Å². The summed E-state index contributed by atoms with van der Waals surface area (Å²) in [5.41, 5.74) is 3.73. The molecule has 7 aliphatic heterocycles. The average molecular weight is 911 g/mol. The van der Waals surface area contributed by atoms with Crippen LogP contribution in [0.5, 0.6) is 5.75 Å². The van der Waals surface area contributed by atoms with Gasteiger partial charge in [0.15, 0.2) is 10.9 Å². The van der Waals surface area contributed by atoms with Gasteiger partial charge in [0, 0.05) is 91.7 Å². The first-order valence-electron chi connectivity index (χ1n) is 22.1. The molecule has 0 saturated carbocycles. The number of thiazole rings is 1. The Labute approximate surface area is 381 Å². The van der Waals surface area contributed by atoms with Crippen LogP contribution in [0.3, 0.4) is 0 Å². The highest BCUT2D eigenvalue weighted by Gasteiger charge is 2.48. The SMILES string of the molecule is O=C1CCC(N2C(=O)c3ccc(N4CC5CC(C4)N5CC4CCN(c5ccc(-c6ccc7c(c6)C(=O)N(C(C(=O)Nc6nccs6)c6cc(F)ccc6O)C7)nn5)CC4)cc3C2=O)C(=O)N1. The van der Waals surface area contributed by atoms with E-state index in [0.717, 1.165) is 86.6 Å². The molecule has 5 fully saturated rings. The third-order valence-electron chi connectivity index (χ3n) is 13.9. The number of phenols is 1. The van der Waals surface area contributed by atoms with E-state index in [4.69, 9.17) is 0 Å². The second-order valence-corrected chi connectivity index (χ2v) is 18.7. The molecule has 4 unspecified atom stereocenters. The highest BCUT2D eigenvalue weighted by molar-refractivity contribution is 7.13. The number of hydrogen-bond donors (Lipinski definition) is 3. The van der Waals surface area contributed by atoms with Gasteiger partial charge >= 0.3 is 0 Å². The minimum Gasteiger partial charge on any atom is -0.508 e. The van der Waals surface area contributed by atoms with Crippen LogP contribution < -0.4 is 20.4 Å². The summed E-state index contributed by atoms with van der Waals surface area (Å²) in [7, 11) is 0. The number of amides is 6. The summed E-state index contributed by atoms with van der Waals surface area (Å²) >= 11 is 1.20. The van der Waals surface area contributed by atoms with Crippen molar-refractivity contribution < 1.29 is 38.3 Å². The monoisotopic (exact) mass is 910 g/mol. The Morgan fingerprint density at radius 3 is 2.41 bits per heavy atom. The number of aromatic nitrogens is 3. The van der Waals surface area contributed by atoms with Crippen molar-refractivity contribution in [3.8, 4) is 17.0 Å². The number of benzene rings is 3. The van der Waals surface area contributed by atoms with Crippen molar-refractivity contribution in [3.05, 3.63) is 112 Å². The van der Waals surface area contributed by atoms with Gasteiger partial charge < -0.3 is 19.8 Å². The van der Waals surface area contributed by atoms with E-state index in [2.05, 4.69) is 40.5 Å². The van der Waals surface area contributed by atoms with Gasteiger partial charge in [-0.25, -0.2) is 9.37 Å². The second kappa shape index (κ2) is 16.4. The number of halogens is 1. The predicted octanol–water partition coefficient (Wildman–Crippen LogP) is 4.36. The minimum absolute atomic E-state index is 0.0386. The van der Waals surface area contributed by atoms with Crippen LogP contribution in [0, 0.1) is 11.7 Å². The lowest BCUT2D eigenvalue weighted by atomic mass is 9.84. The fraction of sp³-hybridized carbons (Fsp3) is 0.340. The van der Waals surface area contributed by atoms with Gasteiger partial charge in [0.25, 0.3) is 23.6 Å². The van der Waals surface area contributed by atoms with Gasteiger partial charge in [-0.05, 0) is 91.8 Å². The normalized spacial score (nSPS) is 22.3. The number of imide groups is 2. The number of rotatable bonds is 10. The molecule has 0 aliphatic carbocycles. The number of nitrogens with zero attached hydrogens (tertiary/aromatic N) is 8. The molecule has 0 radical (unpaired) electrons. The predicted molar refractivity (Wildman–Crippen MR) is 238 cm³/mol. The molecule has 0 spiro atoms. The summed E-state index contributed by atoms with van der Waals surface area (Å²) < 4.78 is 14.5. The number of nitrogens with one attached hydrogen (secondary N) is 2. The molecule has 7 aliphatic rings. The number of anilines is 3. The van der Waals surface area contributed by atoms with Gasteiger partial charge in [0.05, 0.1) is 16.8 Å². The molecule has 5 aromatic rings. The smallest absolute Gasteiger partial charge is 0.262 e. The van der Waals surface area contributed by atoms with Crippen LogP contribution in [0.4, 0.5) is 21.0 Å². The molecule has 66 heavy (non-hydrogen) atoms. The van der Waals surface area contributed by atoms with Crippen molar-refractivity contribution in [3.63, 3.8) is 0 Å². The third-order valence-corrected chi connectivity index (χ3v) is 14.6. The zero-order valence-electron chi connectivity index (χ0n) is 35.4. The number of piperazine rings is 1. The summed E-state index contributed by atoms with van der Waals surface area (Å²) in [6.45, 7) is 4.39. The summed E-state index contributed by atoms with van der Waals surface area (Å²) in [6, 6.07) is 16.3. The standard InChI is InChI=1S/C47H43FN10O7S/c48-28-3-8-38(59)35(18-28)41(43(62)51-47-49-13-16-66-47)57-22-27-2-1-26(17-33(27)44(57)63)36-6-9-39(53-52-36)54-14-11-25(12-15-54)21-56-30-19-31(56)24-55(23-30)29-4-5-32-34(20-29)46(65)58(45(32)64)37-7-10-40(60)50-42(37)61/h1-6,8-9,13,16-18,20,25,30-31,37,41,59H,7,10-12,14-15,19,21-24H2,(H,49,51,62)(H,50,60,61). The Hall–Kier alpha value is -7.12. The molecular formula is C47H43FN10O7S. The van der Waals surface area contributed by atoms with Crippen LogP contribution in [0.25, 0.3) is 11.3 Å². The fourth-order valence-electron chi connectivity index (χ4n) is 10.5. The average Bonchev–Trinajstić information content (AvgIpc) is 4.03. The molecule has 5 saturated heterocycles. The first kappa shape index (κ1) is 41.6. The number of carbonyl (C=O) groups excluding carboxylic acids is 6. The van der Waals surface area contributed by atoms with Crippen molar-refractivity contribution in [2.24, 2.45) is 5.92 Å². The number of carbonyl (C=O) groups is 6. The first-order chi connectivity index (χ1) is 32.0. The maximum Gasteiger partial charge on any atom is 0.262 e. The molecule has 19 heteroatoms. The molecule has 12 rings (SSSR count). The van der Waals surface area contributed by atoms with E-state index in [1.54, 1.807) is 23.6 Å². The molecule has 17 nitrogen and oxygen atoms in total. The maximum atomic E-state index is 14.5. The molecule has 3 N–H and O–H groups in total. The summed E-state index contributed by atoms with van der Waals surface area (Å²) in [5, 5.41) is 26.8. The zero-order chi connectivity index (χ0) is 45.4. The fourth-order valence-corrected chi connectivity index (χ4v) is 11.0. The summed E-state index contributed by atoms with van der Waals surface area (Å²) in [6.07, 6.45) is 4.86. The van der Waals surface area contributed by atoms with Gasteiger partial charge in [-0.2, -0.15) is 0 Å². The molecule has 4 atom stereocenters. The highest BCUT2D eigenvalue weighted by atomic mass is 32.1. The van der Waals surface area contributed by atoms with Crippen LogP contribution in [0.2, 0.25) is 0 Å². The van der Waals surface area contributed by atoms with Crippen LogP contribution in [0.1, 0.15) is 80.3 Å². The lowest BCUT2D eigenvalue weighted by molar-refractivity contribution is -0.136. The zero-order valence-corrected chi connectivity index (χ0v) is 36.2. The van der Waals surface area contributed by atoms with Crippen molar-refractivity contribution in [2.45, 2.75) is 62.8 Å². The van der Waals surface area contributed by atoms with Crippen LogP contribution in [0.15, 0.2) is 78.3 Å². The largest absolute Gasteiger partial charge is 0.508 e. The van der Waals surface area contributed by atoms with Gasteiger partial charge in [-0.15, -0.1) is 21.5 Å². The van der Waals surface area contributed by atoms with Crippen molar-refractivity contribution in [1.29, 1.82) is 0 Å². The molecule has 2 aromatic heterocycles. The second-order valence-electron chi connectivity index (χ2n) is 17.8. The third kappa shape index (κ3) is 7.31. The lowest BCUT2D eigenvalue weighted by Crippen LogP contribution is -2.69. The summed E-state index contributed by atoms with van der Waals surface area (Å²) in [4.78, 5) is 92.0. The maximum absolute atomic E-state index is 14.5. The Morgan fingerprint density at radius 1 is 0.864 bits per heavy atom. The number of fused-ring (bicyclic) bond motifs is 4. The van der Waals surface area contributed by atoms with Crippen molar-refractivity contribution in [2.75, 3.05) is 47.8 Å². The van der Waals surface area contributed by atoms with Crippen LogP contribution >= 0.6 is 11.3 Å². The van der Waals surface area contributed by atoms with Crippen molar-refractivity contribution in [1.82, 2.24) is 35.2 Å². The Morgan fingerprint density at radius 2 is 1.67 bits per heavy atom. The van der Waals surface area contributed by atoms with Gasteiger partial charge in [0.1, 0.15) is 23.7 Å². The van der Waals surface area contributed by atoms with E-state index in [0.29, 0.717) is 51.1 Å². The molecule has 2 bridgehead atoms. The van der Waals surface area contributed by atoms with Gasteiger partial charge in [0.2, 0.25) is 11.8 Å². The molecule has 9 heterocycles. The first-order valence-corrected chi connectivity index (χ1v) is 22.9. The molecule has 3 aromatic carbocycles. The Bertz CT molecular complexity index is 2830. The number of hydrogen-bond acceptors (Lipinski definition) is 14. The lowest BCUT2D eigenvalue weighted by Gasteiger charge is -2.58. The molecule has 6 amide bonds. The van der Waals surface area contributed by atoms with E-state index < -0.39 is 53.3 Å².